The second-order valence-electron chi connectivity index (χ2n) is 3.12. The maximum absolute atomic E-state index is 11.0. The molecule has 0 amide bonds. The molecular formula is C10H10N2O3. The highest BCUT2D eigenvalue weighted by Gasteiger charge is 2.11. The van der Waals surface area contributed by atoms with Crippen LogP contribution in [0.4, 0.5) is 0 Å². The molecule has 78 valence electrons. The quantitative estimate of drug-likeness (QED) is 0.769. The molecule has 2 aromatic heterocycles. The van der Waals surface area contributed by atoms with Gasteiger partial charge in [-0.25, -0.2) is 9.78 Å². The lowest BCUT2D eigenvalue weighted by atomic mass is 10.3. The van der Waals surface area contributed by atoms with E-state index in [4.69, 9.17) is 10.2 Å². The average molecular weight is 206 g/mol. The minimum Gasteiger partial charge on any atom is -0.477 e. The van der Waals surface area contributed by atoms with E-state index in [-0.39, 0.29) is 12.3 Å². The zero-order valence-electron chi connectivity index (χ0n) is 7.92. The van der Waals surface area contributed by atoms with Gasteiger partial charge < -0.3 is 10.2 Å². The second-order valence-corrected chi connectivity index (χ2v) is 3.12. The Hall–Kier alpha value is -1.88. The Bertz CT molecular complexity index is 504. The summed E-state index contributed by atoms with van der Waals surface area (Å²) in [4.78, 5) is 15.0. The lowest BCUT2D eigenvalue weighted by Crippen LogP contribution is -2.08. The Labute approximate surface area is 85.6 Å². The minimum atomic E-state index is -1.00. The Morgan fingerprint density at radius 2 is 2.27 bits per heavy atom. The molecule has 0 aliphatic heterocycles. The lowest BCUT2D eigenvalue weighted by Gasteiger charge is -2.03. The number of fused-ring (bicyclic) bond motifs is 1. The Kier molecular flexibility index (Phi) is 2.39. The molecule has 2 heterocycles. The molecule has 2 aromatic rings. The largest absolute Gasteiger partial charge is 0.477 e. The summed E-state index contributed by atoms with van der Waals surface area (Å²) in [7, 11) is 0. The van der Waals surface area contributed by atoms with E-state index in [1.807, 2.05) is 0 Å². The summed E-state index contributed by atoms with van der Waals surface area (Å²) in [6.45, 7) is -0.0485. The van der Waals surface area contributed by atoms with Crippen LogP contribution >= 0.6 is 0 Å². The first-order chi connectivity index (χ1) is 7.24. The van der Waals surface area contributed by atoms with Crippen molar-refractivity contribution in [3.8, 4) is 0 Å². The number of carbonyl (C=O) groups is 1. The van der Waals surface area contributed by atoms with Crippen LogP contribution in [-0.4, -0.2) is 32.2 Å². The van der Waals surface area contributed by atoms with Crippen LogP contribution in [0.15, 0.2) is 24.4 Å². The van der Waals surface area contributed by atoms with E-state index in [1.165, 1.54) is 6.07 Å². The topological polar surface area (TPSA) is 74.8 Å². The van der Waals surface area contributed by atoms with Crippen LogP contribution < -0.4 is 0 Å². The maximum Gasteiger partial charge on any atom is 0.352 e. The summed E-state index contributed by atoms with van der Waals surface area (Å²) in [5.41, 5.74) is 0.881. The zero-order chi connectivity index (χ0) is 10.8. The van der Waals surface area contributed by atoms with Crippen LogP contribution in [0, 0.1) is 0 Å². The van der Waals surface area contributed by atoms with Gasteiger partial charge in [-0.3, -0.25) is 4.40 Å². The van der Waals surface area contributed by atoms with Crippen LogP contribution in [0.1, 0.15) is 16.3 Å². The highest BCUT2D eigenvalue weighted by Crippen LogP contribution is 2.11. The molecule has 0 saturated carbocycles. The van der Waals surface area contributed by atoms with Crippen LogP contribution in [0.25, 0.3) is 5.52 Å². The number of carboxylic acid groups (broad SMARTS) is 1. The van der Waals surface area contributed by atoms with Gasteiger partial charge in [-0.15, -0.1) is 0 Å². The van der Waals surface area contributed by atoms with Gasteiger partial charge in [0, 0.05) is 6.42 Å². The second kappa shape index (κ2) is 3.70. The fourth-order valence-electron chi connectivity index (χ4n) is 1.56. The van der Waals surface area contributed by atoms with Gasteiger partial charge in [-0.05, 0) is 12.1 Å². The van der Waals surface area contributed by atoms with Crippen molar-refractivity contribution in [3.63, 3.8) is 0 Å². The highest BCUT2D eigenvalue weighted by atomic mass is 16.4. The number of imidazole rings is 1. The number of aromatic nitrogens is 2. The van der Waals surface area contributed by atoms with Crippen molar-refractivity contribution in [2.24, 2.45) is 0 Å². The molecule has 0 atom stereocenters. The van der Waals surface area contributed by atoms with Crippen molar-refractivity contribution >= 4 is 11.5 Å². The molecule has 0 bridgehead atoms. The van der Waals surface area contributed by atoms with Gasteiger partial charge >= 0.3 is 5.97 Å². The van der Waals surface area contributed by atoms with Crippen LogP contribution in [0.2, 0.25) is 0 Å². The molecule has 15 heavy (non-hydrogen) atoms. The molecule has 0 radical (unpaired) electrons. The smallest absolute Gasteiger partial charge is 0.352 e. The van der Waals surface area contributed by atoms with Crippen molar-refractivity contribution in [2.75, 3.05) is 6.61 Å². The molecule has 0 aromatic carbocycles. The first kappa shape index (κ1) is 9.67. The molecule has 0 fully saturated rings. The molecule has 0 saturated heterocycles. The van der Waals surface area contributed by atoms with Crippen molar-refractivity contribution in [1.82, 2.24) is 9.38 Å². The van der Waals surface area contributed by atoms with Crippen molar-refractivity contribution < 1.29 is 15.0 Å². The molecule has 2 N–H and O–H groups in total. The predicted molar refractivity (Wildman–Crippen MR) is 52.9 cm³/mol. The van der Waals surface area contributed by atoms with E-state index < -0.39 is 5.97 Å². The summed E-state index contributed by atoms with van der Waals surface area (Å²) in [6.07, 6.45) is 1.94. The van der Waals surface area contributed by atoms with E-state index in [9.17, 15) is 4.79 Å². The number of carboxylic acids is 1. The Morgan fingerprint density at radius 3 is 2.93 bits per heavy atom. The number of hydrogen-bond acceptors (Lipinski definition) is 3. The van der Waals surface area contributed by atoms with Gasteiger partial charge in [0.2, 0.25) is 0 Å². The SMILES string of the molecule is O=C(O)c1cccc2cnc(CCO)n12. The molecule has 2 rings (SSSR count). The predicted octanol–water partition coefficient (Wildman–Crippen LogP) is 0.567. The third kappa shape index (κ3) is 1.57. The van der Waals surface area contributed by atoms with Gasteiger partial charge in [0.1, 0.15) is 11.5 Å². The fraction of sp³-hybridized carbons (Fsp3) is 0.200. The van der Waals surface area contributed by atoms with E-state index >= 15 is 0 Å². The first-order valence-electron chi connectivity index (χ1n) is 4.53. The summed E-state index contributed by atoms with van der Waals surface area (Å²) in [5.74, 6) is -0.441. The van der Waals surface area contributed by atoms with Crippen molar-refractivity contribution in [1.29, 1.82) is 0 Å². The number of pyridine rings is 1. The van der Waals surface area contributed by atoms with Gasteiger partial charge in [0.15, 0.2) is 0 Å². The van der Waals surface area contributed by atoms with E-state index in [0.717, 1.165) is 5.52 Å². The molecule has 5 nitrogen and oxygen atoms in total. The third-order valence-electron chi connectivity index (χ3n) is 2.18. The maximum atomic E-state index is 11.0. The number of nitrogens with zero attached hydrogens (tertiary/aromatic N) is 2. The number of aromatic carboxylic acids is 1. The van der Waals surface area contributed by atoms with Crippen LogP contribution in [0.3, 0.4) is 0 Å². The molecule has 0 spiro atoms. The normalized spacial score (nSPS) is 10.7. The average Bonchev–Trinajstić information content (AvgIpc) is 2.62. The first-order valence-corrected chi connectivity index (χ1v) is 4.53. The van der Waals surface area contributed by atoms with Crippen LogP contribution in [0.5, 0.6) is 0 Å². The molecule has 0 unspecified atom stereocenters. The van der Waals surface area contributed by atoms with Crippen molar-refractivity contribution in [2.45, 2.75) is 6.42 Å². The number of aliphatic hydroxyl groups excluding tert-OH is 1. The molecule has 0 aliphatic carbocycles. The standard InChI is InChI=1S/C10H10N2O3/c13-5-4-9-11-6-7-2-1-3-8(10(14)15)12(7)9/h1-3,6,13H,4-5H2,(H,14,15). The Morgan fingerprint density at radius 1 is 1.47 bits per heavy atom. The molecular weight excluding hydrogens is 196 g/mol. The summed E-state index contributed by atoms with van der Waals surface area (Å²) in [6, 6.07) is 4.96. The summed E-state index contributed by atoms with van der Waals surface area (Å²) in [5, 5.41) is 17.8. The number of aliphatic hydroxyl groups is 1. The van der Waals surface area contributed by atoms with Crippen LogP contribution in [-0.2, 0) is 6.42 Å². The van der Waals surface area contributed by atoms with Gasteiger partial charge in [0.05, 0.1) is 18.3 Å². The lowest BCUT2D eigenvalue weighted by molar-refractivity contribution is 0.0688. The summed E-state index contributed by atoms with van der Waals surface area (Å²) >= 11 is 0. The molecule has 0 aliphatic rings. The monoisotopic (exact) mass is 206 g/mol. The Balaban J connectivity index is 2.69. The van der Waals surface area contributed by atoms with Gasteiger partial charge in [-0.2, -0.15) is 0 Å². The zero-order valence-corrected chi connectivity index (χ0v) is 7.92. The van der Waals surface area contributed by atoms with E-state index in [0.29, 0.717) is 12.2 Å². The fourth-order valence-corrected chi connectivity index (χ4v) is 1.56. The third-order valence-corrected chi connectivity index (χ3v) is 2.18. The van der Waals surface area contributed by atoms with Gasteiger partial charge in [0.25, 0.3) is 0 Å². The number of hydrogen-bond donors (Lipinski definition) is 2. The van der Waals surface area contributed by atoms with E-state index in [2.05, 4.69) is 4.98 Å². The van der Waals surface area contributed by atoms with Crippen molar-refractivity contribution in [3.05, 3.63) is 35.9 Å². The summed E-state index contributed by atoms with van der Waals surface area (Å²) < 4.78 is 1.54. The number of rotatable bonds is 3. The molecule has 5 heteroatoms. The minimum absolute atomic E-state index is 0.0485. The van der Waals surface area contributed by atoms with E-state index in [1.54, 1.807) is 22.7 Å². The highest BCUT2D eigenvalue weighted by molar-refractivity contribution is 5.86. The van der Waals surface area contributed by atoms with Gasteiger partial charge in [-0.1, -0.05) is 6.07 Å².